The number of halogens is 1. The molecular weight excluding hydrogens is 400 g/mol. The number of benzene rings is 2. The molecule has 0 spiro atoms. The predicted molar refractivity (Wildman–Crippen MR) is 111 cm³/mol. The zero-order valence-electron chi connectivity index (χ0n) is 16.4. The molecule has 0 radical (unpaired) electrons. The van der Waals surface area contributed by atoms with Crippen molar-refractivity contribution >= 4 is 35.0 Å². The van der Waals surface area contributed by atoms with Gasteiger partial charge in [0, 0.05) is 18.2 Å². The number of amides is 1. The van der Waals surface area contributed by atoms with Crippen molar-refractivity contribution in [3.05, 3.63) is 57.1 Å². The summed E-state index contributed by atoms with van der Waals surface area (Å²) >= 11 is 6.27. The molecule has 154 valence electrons. The Labute approximate surface area is 173 Å². The highest BCUT2D eigenvalue weighted by atomic mass is 35.5. The van der Waals surface area contributed by atoms with Gasteiger partial charge in [-0.15, -0.1) is 0 Å². The number of methoxy groups -OCH3 is 2. The second-order valence-corrected chi connectivity index (χ2v) is 6.57. The van der Waals surface area contributed by atoms with Gasteiger partial charge in [-0.2, -0.15) is 0 Å². The number of nitro groups is 1. The van der Waals surface area contributed by atoms with Crippen LogP contribution in [-0.2, 0) is 4.79 Å². The summed E-state index contributed by atoms with van der Waals surface area (Å²) in [7, 11) is 2.90. The Morgan fingerprint density at radius 2 is 1.86 bits per heavy atom. The van der Waals surface area contributed by atoms with Gasteiger partial charge in [0.1, 0.15) is 5.75 Å². The highest BCUT2D eigenvalue weighted by Crippen LogP contribution is 2.37. The standard InChI is InChI=1S/C20H21ClN2O6/c1-12(2)29-20-15(21)9-13(10-18(20)28-4)5-8-19(24)22-16-11-14(23(25)26)6-7-17(16)27-3/h5-12H,1-4H3,(H,22,24)/b8-5+. The number of carbonyl (C=O) groups is 1. The molecule has 0 heterocycles. The monoisotopic (exact) mass is 420 g/mol. The maximum absolute atomic E-state index is 12.3. The molecule has 0 saturated carbocycles. The largest absolute Gasteiger partial charge is 0.495 e. The first-order valence-electron chi connectivity index (χ1n) is 8.60. The Kier molecular flexibility index (Phi) is 7.44. The lowest BCUT2D eigenvalue weighted by Gasteiger charge is -2.15. The van der Waals surface area contributed by atoms with Crippen molar-refractivity contribution in [2.75, 3.05) is 19.5 Å². The molecule has 2 rings (SSSR count). The molecule has 0 aliphatic carbocycles. The van der Waals surface area contributed by atoms with E-state index in [1.165, 1.54) is 44.6 Å². The molecule has 0 aliphatic heterocycles. The molecule has 2 aromatic rings. The van der Waals surface area contributed by atoms with Gasteiger partial charge in [0.15, 0.2) is 11.5 Å². The number of non-ortho nitro benzene ring substituents is 1. The summed E-state index contributed by atoms with van der Waals surface area (Å²) in [4.78, 5) is 22.7. The number of rotatable bonds is 8. The summed E-state index contributed by atoms with van der Waals surface area (Å²) in [6.45, 7) is 3.74. The van der Waals surface area contributed by atoms with Crippen LogP contribution >= 0.6 is 11.6 Å². The minimum atomic E-state index is -0.556. The molecule has 0 aliphatic rings. The van der Waals surface area contributed by atoms with Crippen molar-refractivity contribution in [1.29, 1.82) is 0 Å². The summed E-state index contributed by atoms with van der Waals surface area (Å²) in [5.74, 6) is 0.664. The maximum atomic E-state index is 12.3. The van der Waals surface area contributed by atoms with Crippen LogP contribution in [0.25, 0.3) is 6.08 Å². The highest BCUT2D eigenvalue weighted by Gasteiger charge is 2.14. The van der Waals surface area contributed by atoms with Gasteiger partial charge in [0.05, 0.1) is 36.0 Å². The Bertz CT molecular complexity index is 943. The third-order valence-electron chi connectivity index (χ3n) is 3.68. The van der Waals surface area contributed by atoms with Crippen LogP contribution in [0.1, 0.15) is 19.4 Å². The minimum absolute atomic E-state index is 0.0847. The van der Waals surface area contributed by atoms with Gasteiger partial charge in [-0.05, 0) is 43.7 Å². The van der Waals surface area contributed by atoms with Gasteiger partial charge in [0.2, 0.25) is 5.91 Å². The van der Waals surface area contributed by atoms with Crippen LogP contribution in [-0.4, -0.2) is 31.2 Å². The van der Waals surface area contributed by atoms with E-state index >= 15 is 0 Å². The van der Waals surface area contributed by atoms with Crippen LogP contribution in [0.15, 0.2) is 36.4 Å². The van der Waals surface area contributed by atoms with Crippen LogP contribution < -0.4 is 19.5 Å². The van der Waals surface area contributed by atoms with E-state index in [9.17, 15) is 14.9 Å². The van der Waals surface area contributed by atoms with Crippen molar-refractivity contribution in [2.45, 2.75) is 20.0 Å². The van der Waals surface area contributed by atoms with Crippen molar-refractivity contribution < 1.29 is 23.9 Å². The van der Waals surface area contributed by atoms with Crippen LogP contribution in [0.5, 0.6) is 17.2 Å². The molecular formula is C20H21ClN2O6. The fourth-order valence-electron chi connectivity index (χ4n) is 2.44. The van der Waals surface area contributed by atoms with Crippen molar-refractivity contribution in [3.8, 4) is 17.2 Å². The van der Waals surface area contributed by atoms with E-state index in [4.69, 9.17) is 25.8 Å². The van der Waals surface area contributed by atoms with Gasteiger partial charge in [-0.1, -0.05) is 11.6 Å². The minimum Gasteiger partial charge on any atom is -0.495 e. The summed E-state index contributed by atoms with van der Waals surface area (Å²) < 4.78 is 16.1. The summed E-state index contributed by atoms with van der Waals surface area (Å²) in [5, 5.41) is 13.8. The predicted octanol–water partition coefficient (Wildman–Crippen LogP) is 4.70. The summed E-state index contributed by atoms with van der Waals surface area (Å²) in [6.07, 6.45) is 2.72. The lowest BCUT2D eigenvalue weighted by Crippen LogP contribution is -2.09. The smallest absolute Gasteiger partial charge is 0.271 e. The van der Waals surface area contributed by atoms with E-state index in [0.717, 1.165) is 0 Å². The second-order valence-electron chi connectivity index (χ2n) is 6.16. The molecule has 0 saturated heterocycles. The summed E-state index contributed by atoms with van der Waals surface area (Å²) in [6, 6.07) is 7.25. The number of ether oxygens (including phenoxy) is 3. The lowest BCUT2D eigenvalue weighted by atomic mass is 10.1. The first kappa shape index (κ1) is 22.0. The molecule has 0 atom stereocenters. The van der Waals surface area contributed by atoms with E-state index in [1.807, 2.05) is 13.8 Å². The molecule has 9 heteroatoms. The normalized spacial score (nSPS) is 10.8. The van der Waals surface area contributed by atoms with Gasteiger partial charge >= 0.3 is 0 Å². The van der Waals surface area contributed by atoms with Crippen LogP contribution in [0.3, 0.4) is 0 Å². The molecule has 0 bridgehead atoms. The molecule has 0 aromatic heterocycles. The van der Waals surface area contributed by atoms with E-state index < -0.39 is 10.8 Å². The average molecular weight is 421 g/mol. The number of nitro benzene ring substituents is 1. The molecule has 1 amide bonds. The fourth-order valence-corrected chi connectivity index (χ4v) is 2.70. The molecule has 29 heavy (non-hydrogen) atoms. The SMILES string of the molecule is COc1ccc([N+](=O)[O-])cc1NC(=O)/C=C/c1cc(Cl)c(OC(C)C)c(OC)c1. The van der Waals surface area contributed by atoms with Gasteiger partial charge in [-0.3, -0.25) is 14.9 Å². The first-order valence-corrected chi connectivity index (χ1v) is 8.98. The molecule has 1 N–H and O–H groups in total. The Morgan fingerprint density at radius 1 is 1.17 bits per heavy atom. The van der Waals surface area contributed by atoms with E-state index in [2.05, 4.69) is 5.32 Å². The number of hydrogen-bond acceptors (Lipinski definition) is 6. The van der Waals surface area contributed by atoms with Gasteiger partial charge in [-0.25, -0.2) is 0 Å². The zero-order chi connectivity index (χ0) is 21.6. The number of hydrogen-bond donors (Lipinski definition) is 1. The topological polar surface area (TPSA) is 99.9 Å². The number of anilines is 1. The Morgan fingerprint density at radius 3 is 2.45 bits per heavy atom. The Hall–Kier alpha value is -3.26. The van der Waals surface area contributed by atoms with Crippen LogP contribution in [0.4, 0.5) is 11.4 Å². The highest BCUT2D eigenvalue weighted by molar-refractivity contribution is 6.32. The lowest BCUT2D eigenvalue weighted by molar-refractivity contribution is -0.384. The summed E-state index contributed by atoms with van der Waals surface area (Å²) in [5.41, 5.74) is 0.638. The van der Waals surface area contributed by atoms with Crippen molar-refractivity contribution in [2.24, 2.45) is 0 Å². The van der Waals surface area contributed by atoms with Crippen LogP contribution in [0, 0.1) is 10.1 Å². The second kappa shape index (κ2) is 9.79. The van der Waals surface area contributed by atoms with Gasteiger partial charge < -0.3 is 19.5 Å². The number of nitrogens with zero attached hydrogens (tertiary/aromatic N) is 1. The quantitative estimate of drug-likeness (QED) is 0.377. The molecule has 0 fully saturated rings. The zero-order valence-corrected chi connectivity index (χ0v) is 17.1. The van der Waals surface area contributed by atoms with E-state index in [-0.39, 0.29) is 17.5 Å². The first-order chi connectivity index (χ1) is 13.7. The van der Waals surface area contributed by atoms with Crippen molar-refractivity contribution in [1.82, 2.24) is 0 Å². The third-order valence-corrected chi connectivity index (χ3v) is 3.96. The molecule has 8 nitrogen and oxygen atoms in total. The van der Waals surface area contributed by atoms with Gasteiger partial charge in [0.25, 0.3) is 5.69 Å². The van der Waals surface area contributed by atoms with E-state index in [0.29, 0.717) is 27.8 Å². The third kappa shape index (κ3) is 5.86. The van der Waals surface area contributed by atoms with Crippen LogP contribution in [0.2, 0.25) is 5.02 Å². The Balaban J connectivity index is 2.22. The maximum Gasteiger partial charge on any atom is 0.271 e. The van der Waals surface area contributed by atoms with Crippen molar-refractivity contribution in [3.63, 3.8) is 0 Å². The number of nitrogens with one attached hydrogen (secondary N) is 1. The average Bonchev–Trinajstić information content (AvgIpc) is 2.67. The molecule has 2 aromatic carbocycles. The fraction of sp³-hybridized carbons (Fsp3) is 0.250. The van der Waals surface area contributed by atoms with E-state index in [1.54, 1.807) is 12.1 Å². The molecule has 0 unspecified atom stereocenters. The number of carbonyl (C=O) groups excluding carboxylic acids is 1.